The Hall–Kier alpha value is -2.25. The summed E-state index contributed by atoms with van der Waals surface area (Å²) >= 11 is 0. The lowest BCUT2D eigenvalue weighted by molar-refractivity contribution is 0.0943. The zero-order chi connectivity index (χ0) is 18.7. The third-order valence-electron chi connectivity index (χ3n) is 4.20. The number of ether oxygens (including phenoxy) is 3. The molecule has 7 heteroatoms. The molecular formula is C19H23NO5S. The maximum Gasteiger partial charge on any atom is 0.240 e. The molecule has 26 heavy (non-hydrogen) atoms. The first-order valence-electron chi connectivity index (χ1n) is 8.47. The van der Waals surface area contributed by atoms with E-state index < -0.39 is 10.0 Å². The van der Waals surface area contributed by atoms with Gasteiger partial charge in [0.25, 0.3) is 0 Å². The van der Waals surface area contributed by atoms with E-state index in [0.717, 1.165) is 5.56 Å². The van der Waals surface area contributed by atoms with E-state index in [1.165, 1.54) is 0 Å². The van der Waals surface area contributed by atoms with E-state index in [9.17, 15) is 8.42 Å². The van der Waals surface area contributed by atoms with Crippen LogP contribution in [0.4, 0.5) is 0 Å². The van der Waals surface area contributed by atoms with Crippen molar-refractivity contribution < 1.29 is 22.6 Å². The normalized spacial score (nSPS) is 16.5. The van der Waals surface area contributed by atoms with Gasteiger partial charge in [0.15, 0.2) is 11.5 Å². The Kier molecular flexibility index (Phi) is 5.38. The summed E-state index contributed by atoms with van der Waals surface area (Å²) in [5, 5.41) is 0. The van der Waals surface area contributed by atoms with Crippen molar-refractivity contribution in [2.45, 2.75) is 30.8 Å². The van der Waals surface area contributed by atoms with Gasteiger partial charge in [-0.15, -0.1) is 0 Å². The second-order valence-corrected chi connectivity index (χ2v) is 8.17. The van der Waals surface area contributed by atoms with Crippen molar-refractivity contribution in [3.05, 3.63) is 48.0 Å². The predicted octanol–water partition coefficient (Wildman–Crippen LogP) is 2.94. The molecular weight excluding hydrogens is 354 g/mol. The molecule has 1 aliphatic rings. The number of sulfonamides is 1. The van der Waals surface area contributed by atoms with Gasteiger partial charge >= 0.3 is 0 Å². The molecule has 0 aliphatic carbocycles. The third kappa shape index (κ3) is 3.94. The monoisotopic (exact) mass is 377 g/mol. The fourth-order valence-electron chi connectivity index (χ4n) is 2.78. The van der Waals surface area contributed by atoms with Gasteiger partial charge in [0, 0.05) is 0 Å². The first-order chi connectivity index (χ1) is 12.4. The molecule has 0 spiro atoms. The van der Waals surface area contributed by atoms with Crippen LogP contribution in [0.1, 0.15) is 25.3 Å². The highest BCUT2D eigenvalue weighted by molar-refractivity contribution is 7.89. The second kappa shape index (κ2) is 7.55. The van der Waals surface area contributed by atoms with E-state index in [2.05, 4.69) is 4.72 Å². The molecule has 1 heterocycles. The number of rotatable bonds is 6. The third-order valence-corrected chi connectivity index (χ3v) is 5.62. The number of methoxy groups -OCH3 is 1. The van der Waals surface area contributed by atoms with Crippen LogP contribution in [0.2, 0.25) is 0 Å². The summed E-state index contributed by atoms with van der Waals surface area (Å²) in [5.74, 6) is 2.11. The first-order valence-corrected chi connectivity index (χ1v) is 9.95. The van der Waals surface area contributed by atoms with E-state index in [1.54, 1.807) is 31.4 Å². The van der Waals surface area contributed by atoms with Crippen LogP contribution in [-0.4, -0.2) is 34.8 Å². The zero-order valence-corrected chi connectivity index (χ0v) is 15.9. The molecule has 0 saturated carbocycles. The summed E-state index contributed by atoms with van der Waals surface area (Å²) in [6.45, 7) is 4.40. The molecule has 0 radical (unpaired) electrons. The molecule has 1 atom stereocenters. The van der Waals surface area contributed by atoms with Crippen LogP contribution in [0.25, 0.3) is 0 Å². The molecule has 140 valence electrons. The highest BCUT2D eigenvalue weighted by Gasteiger charge is 2.24. The van der Waals surface area contributed by atoms with E-state index in [-0.39, 0.29) is 23.5 Å². The Bertz CT molecular complexity index is 879. The maximum atomic E-state index is 12.6. The number of nitrogens with one attached hydrogen (secondary N) is 1. The summed E-state index contributed by atoms with van der Waals surface area (Å²) < 4.78 is 44.6. The number of hydrogen-bond donors (Lipinski definition) is 1. The minimum atomic E-state index is -3.66. The van der Waals surface area contributed by atoms with Gasteiger partial charge in [0.2, 0.25) is 10.0 Å². The molecule has 6 nitrogen and oxygen atoms in total. The van der Waals surface area contributed by atoms with Crippen LogP contribution in [0.3, 0.4) is 0 Å². The fourth-order valence-corrected chi connectivity index (χ4v) is 3.88. The minimum Gasteiger partial charge on any atom is -0.496 e. The lowest BCUT2D eigenvalue weighted by atomic mass is 10.0. The summed E-state index contributed by atoms with van der Waals surface area (Å²) in [4.78, 5) is 0.208. The van der Waals surface area contributed by atoms with Crippen molar-refractivity contribution in [3.8, 4) is 17.2 Å². The molecule has 0 fully saturated rings. The first kappa shape index (κ1) is 18.5. The highest BCUT2D eigenvalue weighted by Crippen LogP contribution is 2.31. The minimum absolute atomic E-state index is 0.125. The van der Waals surface area contributed by atoms with Gasteiger partial charge in [0.1, 0.15) is 18.5 Å². The second-order valence-electron chi connectivity index (χ2n) is 6.41. The Morgan fingerprint density at radius 3 is 2.62 bits per heavy atom. The summed E-state index contributed by atoms with van der Waals surface area (Å²) in [6, 6.07) is 12.2. The van der Waals surface area contributed by atoms with Gasteiger partial charge in [-0.25, -0.2) is 13.1 Å². The molecule has 2 aromatic carbocycles. The average Bonchev–Trinajstić information content (AvgIpc) is 2.65. The van der Waals surface area contributed by atoms with Crippen molar-refractivity contribution >= 4 is 10.0 Å². The van der Waals surface area contributed by atoms with Gasteiger partial charge in [-0.05, 0) is 41.8 Å². The van der Waals surface area contributed by atoms with Crippen molar-refractivity contribution in [1.29, 1.82) is 0 Å². The van der Waals surface area contributed by atoms with Gasteiger partial charge < -0.3 is 14.2 Å². The molecule has 1 aliphatic heterocycles. The summed E-state index contributed by atoms with van der Waals surface area (Å²) in [7, 11) is -2.08. The quantitative estimate of drug-likeness (QED) is 0.838. The molecule has 0 bridgehead atoms. The van der Waals surface area contributed by atoms with E-state index in [0.29, 0.717) is 23.9 Å². The number of para-hydroxylation sites is 2. The van der Waals surface area contributed by atoms with E-state index >= 15 is 0 Å². The molecule has 1 unspecified atom stereocenters. The van der Waals surface area contributed by atoms with Gasteiger partial charge in [-0.2, -0.15) is 0 Å². The van der Waals surface area contributed by atoms with E-state index in [4.69, 9.17) is 14.2 Å². The van der Waals surface area contributed by atoms with Crippen LogP contribution in [0.5, 0.6) is 17.2 Å². The topological polar surface area (TPSA) is 73.9 Å². The number of benzene rings is 2. The van der Waals surface area contributed by atoms with Crippen LogP contribution < -0.4 is 18.9 Å². The average molecular weight is 377 g/mol. The molecule has 2 aromatic rings. The molecule has 0 aromatic heterocycles. The standard InChI is InChI=1S/C19H23NO5S/c1-13(2)16-10-15(8-9-17(16)23-3)26(21,22)20-11-14-12-24-18-6-4-5-7-19(18)25-14/h4-10,13-14,20H,11-12H2,1-3H3. The largest absolute Gasteiger partial charge is 0.496 e. The lowest BCUT2D eigenvalue weighted by Gasteiger charge is -2.26. The van der Waals surface area contributed by atoms with Crippen LogP contribution in [0, 0.1) is 0 Å². The maximum absolute atomic E-state index is 12.6. The Morgan fingerprint density at radius 1 is 1.19 bits per heavy atom. The van der Waals surface area contributed by atoms with Crippen molar-refractivity contribution in [3.63, 3.8) is 0 Å². The predicted molar refractivity (Wildman–Crippen MR) is 98.6 cm³/mol. The molecule has 1 N–H and O–H groups in total. The Balaban J connectivity index is 1.71. The number of fused-ring (bicyclic) bond motifs is 1. The van der Waals surface area contributed by atoms with Crippen LogP contribution in [0.15, 0.2) is 47.4 Å². The highest BCUT2D eigenvalue weighted by atomic mass is 32.2. The van der Waals surface area contributed by atoms with Gasteiger partial charge in [0.05, 0.1) is 18.6 Å². The van der Waals surface area contributed by atoms with E-state index in [1.807, 2.05) is 32.0 Å². The van der Waals surface area contributed by atoms with Crippen LogP contribution >= 0.6 is 0 Å². The number of hydrogen-bond acceptors (Lipinski definition) is 5. The zero-order valence-electron chi connectivity index (χ0n) is 15.1. The smallest absolute Gasteiger partial charge is 0.240 e. The molecule has 0 amide bonds. The van der Waals surface area contributed by atoms with Crippen LogP contribution in [-0.2, 0) is 10.0 Å². The SMILES string of the molecule is COc1ccc(S(=O)(=O)NCC2COc3ccccc3O2)cc1C(C)C. The van der Waals surface area contributed by atoms with Crippen molar-refractivity contribution in [2.24, 2.45) is 0 Å². The Morgan fingerprint density at radius 2 is 1.92 bits per heavy atom. The molecule has 3 rings (SSSR count). The van der Waals surface area contributed by atoms with Crippen molar-refractivity contribution in [2.75, 3.05) is 20.3 Å². The van der Waals surface area contributed by atoms with Crippen molar-refractivity contribution in [1.82, 2.24) is 4.72 Å². The summed E-state index contributed by atoms with van der Waals surface area (Å²) in [5.41, 5.74) is 0.849. The van der Waals surface area contributed by atoms with Gasteiger partial charge in [-0.1, -0.05) is 26.0 Å². The Labute approximate surface area is 154 Å². The fraction of sp³-hybridized carbons (Fsp3) is 0.368. The lowest BCUT2D eigenvalue weighted by Crippen LogP contribution is -2.40. The van der Waals surface area contributed by atoms with Gasteiger partial charge in [-0.3, -0.25) is 0 Å². The molecule has 0 saturated heterocycles. The summed E-state index contributed by atoms with van der Waals surface area (Å²) in [6.07, 6.45) is -0.387.